The number of hydrogen-bond acceptors (Lipinski definition) is 5. The number of anilines is 1. The Balaban J connectivity index is 1.67. The summed E-state index contributed by atoms with van der Waals surface area (Å²) in [6.45, 7) is -0.354. The van der Waals surface area contributed by atoms with Gasteiger partial charge in [0.05, 0.1) is 12.0 Å². The number of methoxy groups -OCH3 is 1. The second kappa shape index (κ2) is 8.28. The van der Waals surface area contributed by atoms with Crippen molar-refractivity contribution in [3.05, 3.63) is 64.0 Å². The second-order valence-corrected chi connectivity index (χ2v) is 7.03. The molecule has 0 atom stereocenters. The molecule has 0 aromatic heterocycles. The molecule has 0 radical (unpaired) electrons. The highest BCUT2D eigenvalue weighted by Crippen LogP contribution is 2.32. The lowest BCUT2D eigenvalue weighted by atomic mass is 10.2. The van der Waals surface area contributed by atoms with E-state index in [-0.39, 0.29) is 11.4 Å². The Bertz CT molecular complexity index is 910. The van der Waals surface area contributed by atoms with E-state index in [4.69, 9.17) is 16.3 Å². The van der Waals surface area contributed by atoms with E-state index in [1.54, 1.807) is 61.7 Å². The smallest absolute Gasteiger partial charge is 0.294 e. The molecule has 6 nitrogen and oxygen atoms in total. The molecular formula is C19H15ClN2O4S. The number of nitrogens with zero attached hydrogens (tertiary/aromatic N) is 1. The fraction of sp³-hybridized carbons (Fsp3) is 0.105. The number of hydrogen-bond donors (Lipinski definition) is 1. The highest BCUT2D eigenvalue weighted by molar-refractivity contribution is 8.18. The van der Waals surface area contributed by atoms with Crippen molar-refractivity contribution in [2.45, 2.75) is 0 Å². The Hall–Kier alpha value is -2.77. The van der Waals surface area contributed by atoms with Gasteiger partial charge in [-0.25, -0.2) is 0 Å². The van der Waals surface area contributed by atoms with Crippen molar-refractivity contribution >= 4 is 52.2 Å². The van der Waals surface area contributed by atoms with E-state index in [9.17, 15) is 14.4 Å². The molecule has 8 heteroatoms. The number of carbonyl (C=O) groups is 3. The zero-order chi connectivity index (χ0) is 19.4. The van der Waals surface area contributed by atoms with Gasteiger partial charge in [-0.1, -0.05) is 23.7 Å². The predicted molar refractivity (Wildman–Crippen MR) is 106 cm³/mol. The second-order valence-electron chi connectivity index (χ2n) is 5.60. The summed E-state index contributed by atoms with van der Waals surface area (Å²) in [5.74, 6) is -0.267. The minimum Gasteiger partial charge on any atom is -0.497 e. The van der Waals surface area contributed by atoms with Gasteiger partial charge in [-0.05, 0) is 59.8 Å². The molecule has 1 aliphatic rings. The average Bonchev–Trinajstić information content (AvgIpc) is 2.91. The minimum atomic E-state index is -0.493. The van der Waals surface area contributed by atoms with Crippen LogP contribution in [0, 0.1) is 0 Å². The third-order valence-corrected chi connectivity index (χ3v) is 4.88. The van der Waals surface area contributed by atoms with Crippen LogP contribution in [0.1, 0.15) is 5.56 Å². The molecular weight excluding hydrogens is 388 g/mol. The lowest BCUT2D eigenvalue weighted by molar-refractivity contribution is -0.127. The summed E-state index contributed by atoms with van der Waals surface area (Å²) in [5.41, 5.74) is 1.29. The van der Waals surface area contributed by atoms with Crippen LogP contribution in [-0.4, -0.2) is 35.6 Å². The fourth-order valence-corrected chi connectivity index (χ4v) is 3.33. The first-order chi connectivity index (χ1) is 13.0. The zero-order valence-electron chi connectivity index (χ0n) is 14.3. The maximum Gasteiger partial charge on any atom is 0.294 e. The van der Waals surface area contributed by atoms with Gasteiger partial charge in [-0.3, -0.25) is 19.3 Å². The minimum absolute atomic E-state index is 0.268. The number of nitrogens with one attached hydrogen (secondary N) is 1. The van der Waals surface area contributed by atoms with Gasteiger partial charge in [-0.15, -0.1) is 0 Å². The standard InChI is InChI=1S/C19H15ClN2O4S/c1-26-15-8-2-12(3-9-15)10-16-18(24)22(19(25)27-16)11-17(23)21-14-6-4-13(20)5-7-14/h2-10H,11H2,1H3,(H,21,23)/b16-10-. The fourth-order valence-electron chi connectivity index (χ4n) is 2.37. The lowest BCUT2D eigenvalue weighted by Crippen LogP contribution is -2.36. The van der Waals surface area contributed by atoms with E-state index in [0.29, 0.717) is 16.5 Å². The molecule has 1 fully saturated rings. The topological polar surface area (TPSA) is 75.7 Å². The first-order valence-electron chi connectivity index (χ1n) is 7.91. The van der Waals surface area contributed by atoms with Gasteiger partial charge < -0.3 is 10.1 Å². The normalized spacial score (nSPS) is 15.3. The van der Waals surface area contributed by atoms with Crippen LogP contribution in [0.15, 0.2) is 53.4 Å². The molecule has 0 saturated carbocycles. The number of ether oxygens (including phenoxy) is 1. The van der Waals surface area contributed by atoms with Crippen LogP contribution >= 0.6 is 23.4 Å². The molecule has 2 aromatic rings. The van der Waals surface area contributed by atoms with Gasteiger partial charge in [0.25, 0.3) is 11.1 Å². The van der Waals surface area contributed by atoms with Gasteiger partial charge in [0.2, 0.25) is 5.91 Å². The quantitative estimate of drug-likeness (QED) is 0.764. The third-order valence-electron chi connectivity index (χ3n) is 3.72. The van der Waals surface area contributed by atoms with Crippen molar-refractivity contribution < 1.29 is 19.1 Å². The summed E-state index contributed by atoms with van der Waals surface area (Å²) < 4.78 is 5.09. The Morgan fingerprint density at radius 1 is 1.15 bits per heavy atom. The van der Waals surface area contributed by atoms with Gasteiger partial charge in [0.1, 0.15) is 12.3 Å². The summed E-state index contributed by atoms with van der Waals surface area (Å²) in [6, 6.07) is 13.6. The van der Waals surface area contributed by atoms with Gasteiger partial charge in [0, 0.05) is 10.7 Å². The summed E-state index contributed by atoms with van der Waals surface area (Å²) >= 11 is 6.60. The number of rotatable bonds is 5. The maximum atomic E-state index is 12.5. The van der Waals surface area contributed by atoms with Gasteiger partial charge in [-0.2, -0.15) is 0 Å². The number of thioether (sulfide) groups is 1. The van der Waals surface area contributed by atoms with Crippen LogP contribution in [0.2, 0.25) is 5.02 Å². The molecule has 0 bridgehead atoms. The molecule has 1 saturated heterocycles. The molecule has 2 aromatic carbocycles. The van der Waals surface area contributed by atoms with Crippen LogP contribution in [0.5, 0.6) is 5.75 Å². The van der Waals surface area contributed by atoms with Crippen molar-refractivity contribution in [3.8, 4) is 5.75 Å². The summed E-state index contributed by atoms with van der Waals surface area (Å²) in [5, 5.41) is 2.69. The van der Waals surface area contributed by atoms with E-state index >= 15 is 0 Å². The maximum absolute atomic E-state index is 12.5. The van der Waals surface area contributed by atoms with Crippen molar-refractivity contribution in [3.63, 3.8) is 0 Å². The van der Waals surface area contributed by atoms with Gasteiger partial charge >= 0.3 is 0 Å². The molecule has 138 valence electrons. The zero-order valence-corrected chi connectivity index (χ0v) is 15.8. The summed E-state index contributed by atoms with van der Waals surface area (Å²) in [6.07, 6.45) is 1.61. The van der Waals surface area contributed by atoms with Crippen LogP contribution in [-0.2, 0) is 9.59 Å². The van der Waals surface area contributed by atoms with Crippen molar-refractivity contribution in [1.82, 2.24) is 4.90 Å². The van der Waals surface area contributed by atoms with Crippen LogP contribution < -0.4 is 10.1 Å². The molecule has 1 aliphatic heterocycles. The Kier molecular flexibility index (Phi) is 5.83. The molecule has 1 N–H and O–H groups in total. The van der Waals surface area contributed by atoms with Crippen molar-refractivity contribution in [2.24, 2.45) is 0 Å². The van der Waals surface area contributed by atoms with Crippen LogP contribution in [0.25, 0.3) is 6.08 Å². The Labute approximate surface area is 165 Å². The number of imide groups is 1. The van der Waals surface area contributed by atoms with Crippen LogP contribution in [0.3, 0.4) is 0 Å². The predicted octanol–water partition coefficient (Wildman–Crippen LogP) is 4.02. The first-order valence-corrected chi connectivity index (χ1v) is 9.10. The Morgan fingerprint density at radius 2 is 1.81 bits per heavy atom. The van der Waals surface area contributed by atoms with E-state index in [2.05, 4.69) is 5.32 Å². The van der Waals surface area contributed by atoms with E-state index in [1.165, 1.54) is 0 Å². The largest absolute Gasteiger partial charge is 0.497 e. The van der Waals surface area contributed by atoms with E-state index in [0.717, 1.165) is 22.2 Å². The molecule has 1 heterocycles. The SMILES string of the molecule is COc1ccc(/C=C2\SC(=O)N(CC(=O)Nc3ccc(Cl)cc3)C2=O)cc1. The van der Waals surface area contributed by atoms with Crippen molar-refractivity contribution in [2.75, 3.05) is 19.0 Å². The monoisotopic (exact) mass is 402 g/mol. The lowest BCUT2D eigenvalue weighted by Gasteiger charge is -2.12. The molecule has 0 spiro atoms. The summed E-state index contributed by atoms with van der Waals surface area (Å²) in [7, 11) is 1.56. The van der Waals surface area contributed by atoms with Gasteiger partial charge in [0.15, 0.2) is 0 Å². The molecule has 0 unspecified atom stereocenters. The first kappa shape index (κ1) is 19.0. The molecule has 27 heavy (non-hydrogen) atoms. The number of halogens is 1. The molecule has 3 rings (SSSR count). The molecule has 3 amide bonds. The highest BCUT2D eigenvalue weighted by Gasteiger charge is 2.36. The van der Waals surface area contributed by atoms with E-state index < -0.39 is 17.1 Å². The number of amides is 3. The Morgan fingerprint density at radius 3 is 2.44 bits per heavy atom. The van der Waals surface area contributed by atoms with E-state index in [1.807, 2.05) is 0 Å². The summed E-state index contributed by atoms with van der Waals surface area (Å²) in [4.78, 5) is 37.9. The molecule has 0 aliphatic carbocycles. The number of benzene rings is 2. The highest BCUT2D eigenvalue weighted by atomic mass is 35.5. The average molecular weight is 403 g/mol. The van der Waals surface area contributed by atoms with Crippen LogP contribution in [0.4, 0.5) is 10.5 Å². The third kappa shape index (κ3) is 4.69. The number of carbonyl (C=O) groups excluding carboxylic acids is 3. The van der Waals surface area contributed by atoms with Crippen molar-refractivity contribution in [1.29, 1.82) is 0 Å².